The third-order valence-electron chi connectivity index (χ3n) is 4.49. The SMILES string of the molecule is COc1ccc([C@@H](C)NC(=O)c2ccc(-n3nc(C)cc3C)nc2)c(OC)c1. The maximum absolute atomic E-state index is 12.6. The van der Waals surface area contributed by atoms with Crippen molar-refractivity contribution in [3.8, 4) is 17.3 Å². The fourth-order valence-corrected chi connectivity index (χ4v) is 3.04. The van der Waals surface area contributed by atoms with Crippen LogP contribution in [0.2, 0.25) is 0 Å². The molecule has 0 radical (unpaired) electrons. The topological polar surface area (TPSA) is 78.3 Å². The van der Waals surface area contributed by atoms with E-state index in [1.807, 2.05) is 39.0 Å². The quantitative estimate of drug-likeness (QED) is 0.709. The van der Waals surface area contributed by atoms with Crippen molar-refractivity contribution in [2.24, 2.45) is 0 Å². The molecule has 0 aliphatic rings. The summed E-state index contributed by atoms with van der Waals surface area (Å²) in [6.07, 6.45) is 1.55. The number of carbonyl (C=O) groups is 1. The molecular weight excluding hydrogens is 356 g/mol. The maximum Gasteiger partial charge on any atom is 0.253 e. The maximum atomic E-state index is 12.6. The first-order valence-corrected chi connectivity index (χ1v) is 8.95. The molecule has 0 aliphatic carbocycles. The number of aromatic nitrogens is 3. The second kappa shape index (κ2) is 8.12. The predicted octanol–water partition coefficient (Wildman–Crippen LogP) is 3.39. The number of carbonyl (C=O) groups excluding carboxylic acids is 1. The number of pyridine rings is 1. The van der Waals surface area contributed by atoms with E-state index in [9.17, 15) is 4.79 Å². The number of nitrogens with one attached hydrogen (secondary N) is 1. The molecule has 3 aromatic rings. The molecule has 7 nitrogen and oxygen atoms in total. The zero-order valence-corrected chi connectivity index (χ0v) is 16.7. The van der Waals surface area contributed by atoms with Crippen LogP contribution in [0.1, 0.15) is 40.3 Å². The number of benzene rings is 1. The molecule has 1 aromatic carbocycles. The zero-order valence-electron chi connectivity index (χ0n) is 16.7. The molecule has 28 heavy (non-hydrogen) atoms. The van der Waals surface area contributed by atoms with Gasteiger partial charge in [0.1, 0.15) is 11.5 Å². The molecule has 0 unspecified atom stereocenters. The Bertz CT molecular complexity index is 980. The molecule has 146 valence electrons. The minimum Gasteiger partial charge on any atom is -0.497 e. The van der Waals surface area contributed by atoms with E-state index in [1.54, 1.807) is 43.3 Å². The van der Waals surface area contributed by atoms with E-state index in [2.05, 4.69) is 15.4 Å². The van der Waals surface area contributed by atoms with Crippen LogP contribution in [0, 0.1) is 13.8 Å². The molecule has 2 aromatic heterocycles. The van der Waals surface area contributed by atoms with E-state index in [0.29, 0.717) is 22.9 Å². The molecule has 2 heterocycles. The van der Waals surface area contributed by atoms with Gasteiger partial charge in [0.05, 0.1) is 31.5 Å². The van der Waals surface area contributed by atoms with Crippen molar-refractivity contribution in [3.05, 3.63) is 65.1 Å². The van der Waals surface area contributed by atoms with Crippen LogP contribution >= 0.6 is 0 Å². The molecule has 0 fully saturated rings. The number of hydrogen-bond acceptors (Lipinski definition) is 5. The summed E-state index contributed by atoms with van der Waals surface area (Å²) in [5.41, 5.74) is 3.25. The smallest absolute Gasteiger partial charge is 0.253 e. The Kier molecular flexibility index (Phi) is 5.63. The van der Waals surface area contributed by atoms with E-state index < -0.39 is 0 Å². The number of aryl methyl sites for hydroxylation is 2. The number of amides is 1. The highest BCUT2D eigenvalue weighted by atomic mass is 16.5. The van der Waals surface area contributed by atoms with Gasteiger partial charge in [0.15, 0.2) is 5.82 Å². The molecule has 0 saturated heterocycles. The molecule has 1 atom stereocenters. The monoisotopic (exact) mass is 380 g/mol. The first-order chi connectivity index (χ1) is 13.4. The standard InChI is InChI=1S/C21H24N4O3/c1-13-10-14(2)25(24-13)20-9-6-16(12-22-20)21(26)23-15(3)18-8-7-17(27-4)11-19(18)28-5/h6-12,15H,1-5H3,(H,23,26)/t15-/m1/s1. The third kappa shape index (κ3) is 3.98. The number of hydrogen-bond donors (Lipinski definition) is 1. The highest BCUT2D eigenvalue weighted by molar-refractivity contribution is 5.94. The van der Waals surface area contributed by atoms with Crippen molar-refractivity contribution < 1.29 is 14.3 Å². The Labute approximate surface area is 164 Å². The molecule has 1 N–H and O–H groups in total. The Morgan fingerprint density at radius 2 is 1.89 bits per heavy atom. The van der Waals surface area contributed by atoms with Crippen LogP contribution in [0.15, 0.2) is 42.6 Å². The first kappa shape index (κ1) is 19.4. The van der Waals surface area contributed by atoms with Gasteiger partial charge in [-0.05, 0) is 51.1 Å². The fourth-order valence-electron chi connectivity index (χ4n) is 3.04. The average molecular weight is 380 g/mol. The minimum atomic E-state index is -0.246. The Hall–Kier alpha value is -3.35. The van der Waals surface area contributed by atoms with Gasteiger partial charge in [-0.2, -0.15) is 5.10 Å². The van der Waals surface area contributed by atoms with E-state index in [1.165, 1.54) is 0 Å². The molecule has 1 amide bonds. The van der Waals surface area contributed by atoms with E-state index >= 15 is 0 Å². The summed E-state index contributed by atoms with van der Waals surface area (Å²) in [4.78, 5) is 17.0. The van der Waals surface area contributed by atoms with Crippen LogP contribution in [0.25, 0.3) is 5.82 Å². The van der Waals surface area contributed by atoms with Gasteiger partial charge in [0.25, 0.3) is 5.91 Å². The Balaban J connectivity index is 1.75. The molecule has 0 aliphatic heterocycles. The summed E-state index contributed by atoms with van der Waals surface area (Å²) >= 11 is 0. The molecule has 0 saturated carbocycles. The first-order valence-electron chi connectivity index (χ1n) is 8.95. The normalized spacial score (nSPS) is 11.8. The second-order valence-corrected chi connectivity index (χ2v) is 6.55. The van der Waals surface area contributed by atoms with E-state index in [-0.39, 0.29) is 11.9 Å². The van der Waals surface area contributed by atoms with Crippen LogP contribution in [-0.4, -0.2) is 34.9 Å². The lowest BCUT2D eigenvalue weighted by atomic mass is 10.1. The lowest BCUT2D eigenvalue weighted by Gasteiger charge is -2.18. The van der Waals surface area contributed by atoms with E-state index in [4.69, 9.17) is 9.47 Å². The second-order valence-electron chi connectivity index (χ2n) is 6.55. The summed E-state index contributed by atoms with van der Waals surface area (Å²) in [6.45, 7) is 5.80. The van der Waals surface area contributed by atoms with Crippen molar-refractivity contribution in [1.29, 1.82) is 0 Å². The Morgan fingerprint density at radius 3 is 2.46 bits per heavy atom. The number of ether oxygens (including phenoxy) is 2. The lowest BCUT2D eigenvalue weighted by Crippen LogP contribution is -2.27. The van der Waals surface area contributed by atoms with Gasteiger partial charge in [-0.3, -0.25) is 4.79 Å². The molecular formula is C21H24N4O3. The third-order valence-corrected chi connectivity index (χ3v) is 4.49. The van der Waals surface area contributed by atoms with Gasteiger partial charge >= 0.3 is 0 Å². The van der Waals surface area contributed by atoms with Crippen molar-refractivity contribution in [2.45, 2.75) is 26.8 Å². The van der Waals surface area contributed by atoms with Crippen LogP contribution in [0.5, 0.6) is 11.5 Å². The largest absolute Gasteiger partial charge is 0.497 e. The van der Waals surface area contributed by atoms with Gasteiger partial charge < -0.3 is 14.8 Å². The number of nitrogens with zero attached hydrogens (tertiary/aromatic N) is 3. The van der Waals surface area contributed by atoms with Gasteiger partial charge in [-0.25, -0.2) is 9.67 Å². The molecule has 3 rings (SSSR count). The molecule has 0 bridgehead atoms. The summed E-state index contributed by atoms with van der Waals surface area (Å²) in [5.74, 6) is 1.82. The average Bonchev–Trinajstić information content (AvgIpc) is 3.05. The van der Waals surface area contributed by atoms with Crippen LogP contribution in [-0.2, 0) is 0 Å². The van der Waals surface area contributed by atoms with Crippen molar-refractivity contribution in [2.75, 3.05) is 14.2 Å². The summed E-state index contributed by atoms with van der Waals surface area (Å²) in [7, 11) is 3.19. The van der Waals surface area contributed by atoms with Crippen molar-refractivity contribution in [1.82, 2.24) is 20.1 Å². The predicted molar refractivity (Wildman–Crippen MR) is 106 cm³/mol. The van der Waals surface area contributed by atoms with Crippen LogP contribution < -0.4 is 14.8 Å². The zero-order chi connectivity index (χ0) is 20.3. The van der Waals surface area contributed by atoms with Crippen molar-refractivity contribution in [3.63, 3.8) is 0 Å². The highest BCUT2D eigenvalue weighted by Crippen LogP contribution is 2.29. The summed E-state index contributed by atoms with van der Waals surface area (Å²) < 4.78 is 12.4. The van der Waals surface area contributed by atoms with Gasteiger partial charge in [0, 0.05) is 23.5 Å². The summed E-state index contributed by atoms with van der Waals surface area (Å²) in [6, 6.07) is 10.8. The van der Waals surface area contributed by atoms with Gasteiger partial charge in [0.2, 0.25) is 0 Å². The van der Waals surface area contributed by atoms with Gasteiger partial charge in [-0.1, -0.05) is 0 Å². The minimum absolute atomic E-state index is 0.210. The van der Waals surface area contributed by atoms with E-state index in [0.717, 1.165) is 17.0 Å². The lowest BCUT2D eigenvalue weighted by molar-refractivity contribution is 0.0939. The van der Waals surface area contributed by atoms with Crippen LogP contribution in [0.4, 0.5) is 0 Å². The summed E-state index contributed by atoms with van der Waals surface area (Å²) in [5, 5.41) is 7.38. The number of rotatable bonds is 6. The Morgan fingerprint density at radius 1 is 1.11 bits per heavy atom. The molecule has 7 heteroatoms. The van der Waals surface area contributed by atoms with Gasteiger partial charge in [-0.15, -0.1) is 0 Å². The fraction of sp³-hybridized carbons (Fsp3) is 0.286. The number of methoxy groups -OCH3 is 2. The van der Waals surface area contributed by atoms with Crippen molar-refractivity contribution >= 4 is 5.91 Å². The molecule has 0 spiro atoms. The van der Waals surface area contributed by atoms with Crippen LogP contribution in [0.3, 0.4) is 0 Å². The highest BCUT2D eigenvalue weighted by Gasteiger charge is 2.16.